The number of fused-ring (bicyclic) bond motifs is 9. The predicted molar refractivity (Wildman–Crippen MR) is 186 cm³/mol. The lowest BCUT2D eigenvalue weighted by molar-refractivity contribution is 0.110. The topological polar surface area (TPSA) is 51.6 Å². The summed E-state index contributed by atoms with van der Waals surface area (Å²) < 4.78 is 10.7. The first-order valence-corrected chi connectivity index (χ1v) is 15.3. The maximum atomic E-state index is 9.61. The molecule has 1 aliphatic rings. The standard InChI is InChI=1S/C41H23N5O/c1-43-28-10-15-40-36(18-28)37-19-29(44-2)11-16-41(37)46(40)31-13-9-27-24-47-23-26-8-12-30(20-33(26)34(27)21-31)45-38-6-4-3-5-32(38)35-17-25(22-42)7-14-39(35)45/h3-21H,23-24H2. The Morgan fingerprint density at radius 3 is 1.62 bits per heavy atom. The van der Waals surface area contributed by atoms with Gasteiger partial charge in [-0.1, -0.05) is 42.5 Å². The highest BCUT2D eigenvalue weighted by molar-refractivity contribution is 6.12. The van der Waals surface area contributed by atoms with Crippen molar-refractivity contribution in [2.45, 2.75) is 13.2 Å². The van der Waals surface area contributed by atoms with Gasteiger partial charge in [-0.25, -0.2) is 9.69 Å². The number of nitrogens with zero attached hydrogens (tertiary/aromatic N) is 5. The number of aromatic nitrogens is 2. The number of ether oxygens (including phenoxy) is 1. The molecule has 0 N–H and O–H groups in total. The van der Waals surface area contributed by atoms with E-state index in [1.807, 2.05) is 60.7 Å². The molecule has 6 aromatic carbocycles. The highest BCUT2D eigenvalue weighted by Gasteiger charge is 2.21. The fourth-order valence-electron chi connectivity index (χ4n) is 7.17. The van der Waals surface area contributed by atoms with Gasteiger partial charge < -0.3 is 13.9 Å². The van der Waals surface area contributed by atoms with Crippen molar-refractivity contribution in [1.29, 1.82) is 5.26 Å². The van der Waals surface area contributed by atoms with Gasteiger partial charge in [0.05, 0.1) is 60.1 Å². The first-order chi connectivity index (χ1) is 23.1. The van der Waals surface area contributed by atoms with Crippen molar-refractivity contribution in [2.24, 2.45) is 0 Å². The van der Waals surface area contributed by atoms with Crippen LogP contribution in [-0.2, 0) is 18.0 Å². The van der Waals surface area contributed by atoms with Crippen LogP contribution >= 0.6 is 0 Å². The summed E-state index contributed by atoms with van der Waals surface area (Å²) in [5, 5.41) is 13.7. The Bertz CT molecular complexity index is 2690. The first kappa shape index (κ1) is 26.7. The van der Waals surface area contributed by atoms with Gasteiger partial charge in [-0.15, -0.1) is 0 Å². The number of para-hydroxylation sites is 1. The minimum atomic E-state index is 0.502. The molecule has 9 rings (SSSR count). The molecular weight excluding hydrogens is 578 g/mol. The molecule has 0 unspecified atom stereocenters. The molecule has 0 saturated carbocycles. The van der Waals surface area contributed by atoms with Crippen molar-refractivity contribution in [1.82, 2.24) is 9.13 Å². The van der Waals surface area contributed by atoms with E-state index in [1.165, 1.54) is 0 Å². The van der Waals surface area contributed by atoms with Crippen LogP contribution in [0.15, 0.2) is 115 Å². The smallest absolute Gasteiger partial charge is 0.188 e. The van der Waals surface area contributed by atoms with Gasteiger partial charge >= 0.3 is 0 Å². The second-order valence-corrected chi connectivity index (χ2v) is 11.8. The molecule has 0 atom stereocenters. The summed E-state index contributed by atoms with van der Waals surface area (Å²) in [5.74, 6) is 0. The van der Waals surface area contributed by atoms with E-state index in [0.29, 0.717) is 30.2 Å². The summed E-state index contributed by atoms with van der Waals surface area (Å²) in [6.45, 7) is 16.2. The SMILES string of the molecule is [C-]#[N+]c1ccc2c(c1)c1cc([N+]#[C-])ccc1n2-c1ccc2c(c1)-c1cc(-n3c4ccccc4c4cc(C#N)ccc43)ccc1COC2. The summed E-state index contributed by atoms with van der Waals surface area (Å²) in [4.78, 5) is 7.34. The average molecular weight is 602 g/mol. The Balaban J connectivity index is 1.28. The molecule has 1 aliphatic heterocycles. The molecule has 3 heterocycles. The maximum Gasteiger partial charge on any atom is 0.188 e. The molecule has 8 aromatic rings. The molecule has 0 fully saturated rings. The van der Waals surface area contributed by atoms with Crippen molar-refractivity contribution < 1.29 is 4.74 Å². The van der Waals surface area contributed by atoms with Gasteiger partial charge in [-0.3, -0.25) is 0 Å². The van der Waals surface area contributed by atoms with Crippen molar-refractivity contribution in [3.63, 3.8) is 0 Å². The van der Waals surface area contributed by atoms with E-state index in [9.17, 15) is 5.26 Å². The summed E-state index contributed by atoms with van der Waals surface area (Å²) in [6.07, 6.45) is 0. The summed E-state index contributed by atoms with van der Waals surface area (Å²) >= 11 is 0. The Hall–Kier alpha value is -6.65. The quantitative estimate of drug-likeness (QED) is 0.185. The predicted octanol–water partition coefficient (Wildman–Crippen LogP) is 10.6. The molecule has 218 valence electrons. The van der Waals surface area contributed by atoms with E-state index in [2.05, 4.69) is 79.5 Å². The molecule has 0 radical (unpaired) electrons. The van der Waals surface area contributed by atoms with Crippen molar-refractivity contribution in [3.8, 4) is 28.6 Å². The Kier molecular flexibility index (Phi) is 5.80. The Morgan fingerprint density at radius 2 is 1.06 bits per heavy atom. The molecule has 6 nitrogen and oxygen atoms in total. The van der Waals surface area contributed by atoms with Gasteiger partial charge in [0.1, 0.15) is 0 Å². The number of rotatable bonds is 2. The van der Waals surface area contributed by atoms with Crippen LogP contribution < -0.4 is 0 Å². The number of hydrogen-bond donors (Lipinski definition) is 0. The third-order valence-corrected chi connectivity index (χ3v) is 9.30. The van der Waals surface area contributed by atoms with E-state index < -0.39 is 0 Å². The van der Waals surface area contributed by atoms with Crippen LogP contribution in [0.25, 0.3) is 75.8 Å². The normalized spacial score (nSPS) is 12.4. The van der Waals surface area contributed by atoms with Crippen LogP contribution in [0, 0.1) is 24.5 Å². The molecule has 0 saturated heterocycles. The van der Waals surface area contributed by atoms with Crippen LogP contribution in [0.5, 0.6) is 0 Å². The lowest BCUT2D eigenvalue weighted by Gasteiger charge is -2.16. The highest BCUT2D eigenvalue weighted by Crippen LogP contribution is 2.41. The monoisotopic (exact) mass is 601 g/mol. The third kappa shape index (κ3) is 3.99. The summed E-state index contributed by atoms with van der Waals surface area (Å²) in [6, 6.07) is 41.1. The van der Waals surface area contributed by atoms with E-state index in [0.717, 1.165) is 77.2 Å². The molecular formula is C41H23N5O. The fraction of sp³-hybridized carbons (Fsp3) is 0.0488. The Labute approximate surface area is 270 Å². The van der Waals surface area contributed by atoms with Crippen molar-refractivity contribution >= 4 is 55.0 Å². The van der Waals surface area contributed by atoms with Gasteiger partial charge in [0.25, 0.3) is 0 Å². The maximum absolute atomic E-state index is 9.61. The molecule has 47 heavy (non-hydrogen) atoms. The minimum Gasteiger partial charge on any atom is -0.372 e. The van der Waals surface area contributed by atoms with Crippen LogP contribution in [0.1, 0.15) is 16.7 Å². The minimum absolute atomic E-state index is 0.502. The fourth-order valence-corrected chi connectivity index (χ4v) is 7.17. The molecule has 6 heteroatoms. The van der Waals surface area contributed by atoms with Gasteiger partial charge in [0.15, 0.2) is 11.4 Å². The average Bonchev–Trinajstić information content (AvgIpc) is 3.56. The second-order valence-electron chi connectivity index (χ2n) is 11.8. The second kappa shape index (κ2) is 10.2. The lowest BCUT2D eigenvalue weighted by atomic mass is 9.95. The van der Waals surface area contributed by atoms with Crippen molar-refractivity contribution in [2.75, 3.05) is 0 Å². The summed E-state index contributed by atoms with van der Waals surface area (Å²) in [7, 11) is 0. The van der Waals surface area contributed by atoms with Gasteiger partial charge in [0, 0.05) is 22.1 Å². The third-order valence-electron chi connectivity index (χ3n) is 9.30. The zero-order valence-electron chi connectivity index (χ0n) is 25.0. The van der Waals surface area contributed by atoms with Gasteiger partial charge in [-0.2, -0.15) is 5.26 Å². The largest absolute Gasteiger partial charge is 0.372 e. The van der Waals surface area contributed by atoms with Crippen LogP contribution in [0.3, 0.4) is 0 Å². The lowest BCUT2D eigenvalue weighted by Crippen LogP contribution is -1.99. The van der Waals surface area contributed by atoms with Crippen LogP contribution in [0.2, 0.25) is 0 Å². The van der Waals surface area contributed by atoms with Gasteiger partial charge in [0.2, 0.25) is 0 Å². The first-order valence-electron chi connectivity index (χ1n) is 15.3. The summed E-state index contributed by atoms with van der Waals surface area (Å²) in [5.41, 5.74) is 12.3. The van der Waals surface area contributed by atoms with Gasteiger partial charge in [-0.05, 0) is 106 Å². The van der Waals surface area contributed by atoms with Crippen molar-refractivity contribution in [3.05, 3.63) is 155 Å². The highest BCUT2D eigenvalue weighted by atomic mass is 16.5. The molecule has 0 bridgehead atoms. The van der Waals surface area contributed by atoms with E-state index in [-0.39, 0.29) is 0 Å². The van der Waals surface area contributed by atoms with E-state index >= 15 is 0 Å². The molecule has 2 aromatic heterocycles. The Morgan fingerprint density at radius 1 is 0.553 bits per heavy atom. The zero-order valence-corrected chi connectivity index (χ0v) is 25.0. The number of benzene rings is 6. The van der Waals surface area contributed by atoms with Crippen LogP contribution in [-0.4, -0.2) is 9.13 Å². The van der Waals surface area contributed by atoms with Crippen LogP contribution in [0.4, 0.5) is 11.4 Å². The van der Waals surface area contributed by atoms with E-state index in [1.54, 1.807) is 0 Å². The molecule has 0 aliphatic carbocycles. The zero-order chi connectivity index (χ0) is 31.6. The molecule has 0 spiro atoms. The van der Waals surface area contributed by atoms with E-state index in [4.69, 9.17) is 17.9 Å². The number of nitriles is 1. The molecule has 0 amide bonds. The number of hydrogen-bond acceptors (Lipinski definition) is 2.